The molecule has 1 nitrogen and oxygen atoms in total. The summed E-state index contributed by atoms with van der Waals surface area (Å²) in [4.78, 5) is 0. The molecule has 0 spiro atoms. The largest absolute Gasteiger partial charge is 0.344 e. The third-order valence-corrected chi connectivity index (χ3v) is 3.84. The van der Waals surface area contributed by atoms with Crippen LogP contribution in [-0.4, -0.2) is 11.3 Å². The Hall–Kier alpha value is 0.100. The van der Waals surface area contributed by atoms with E-state index in [0.29, 0.717) is 5.92 Å². The summed E-state index contributed by atoms with van der Waals surface area (Å²) in [5.74, 6) is 0.558. The molecule has 0 N–H and O–H groups in total. The normalized spacial score (nSPS) is 14.0. The first-order valence-electron chi connectivity index (χ1n) is 3.79. The molecule has 0 rings (SSSR count). The van der Waals surface area contributed by atoms with Crippen molar-refractivity contribution >= 4 is 7.80 Å². The molecule has 0 aliphatic heterocycles. The molecule has 0 heterocycles. The fourth-order valence-corrected chi connectivity index (χ4v) is 1.82. The summed E-state index contributed by atoms with van der Waals surface area (Å²) in [5, 5.41) is -0.000394. The van der Waals surface area contributed by atoms with Crippen LogP contribution in [0.3, 0.4) is 0 Å². The van der Waals surface area contributed by atoms with Gasteiger partial charge in [0, 0.05) is 0 Å². The van der Waals surface area contributed by atoms with Gasteiger partial charge in [0.05, 0.1) is 0 Å². The lowest BCUT2D eigenvalue weighted by atomic mass is 10.2. The molecule has 2 heteroatoms. The molecule has 0 aliphatic carbocycles. The van der Waals surface area contributed by atoms with Crippen molar-refractivity contribution in [2.45, 2.75) is 39.8 Å². The summed E-state index contributed by atoms with van der Waals surface area (Å²) >= 11 is 0. The summed E-state index contributed by atoms with van der Waals surface area (Å²) in [6.07, 6.45) is 0.860. The first kappa shape index (κ1) is 10.1. The predicted molar refractivity (Wildman–Crippen MR) is 47.1 cm³/mol. The molecule has 0 radical (unpaired) electrons. The van der Waals surface area contributed by atoms with Crippen LogP contribution in [0.15, 0.2) is 0 Å². The number of hydrogen-bond donors (Lipinski definition) is 0. The maximum absolute atomic E-state index is 11.4. The quantitative estimate of drug-likeness (QED) is 0.568. The minimum atomic E-state index is -1.01. The summed E-state index contributed by atoms with van der Waals surface area (Å²) in [7, 11) is -1.01. The Kier molecular flexibility index (Phi) is 3.51. The highest BCUT2D eigenvalue weighted by Crippen LogP contribution is 2.39. The monoisotopic (exact) mass is 161 g/mol. The first-order valence-corrected chi connectivity index (χ1v) is 5.23. The molecule has 0 fully saturated rings. The second kappa shape index (κ2) is 3.48. The van der Waals surface area contributed by atoms with E-state index in [-0.39, 0.29) is 5.16 Å². The van der Waals surface area contributed by atoms with Gasteiger partial charge in [-0.2, -0.15) is 0 Å². The van der Waals surface area contributed by atoms with Gasteiger partial charge in [-0.1, -0.05) is 18.4 Å². The van der Waals surface area contributed by atoms with Gasteiger partial charge >= 0.3 is 7.80 Å². The zero-order chi connectivity index (χ0) is 8.36. The molecule has 0 saturated carbocycles. The fraction of sp³-hybridized carbons (Fsp3) is 1.00. The third-order valence-electron chi connectivity index (χ3n) is 1.28. The van der Waals surface area contributed by atoms with Crippen LogP contribution >= 0.6 is 7.80 Å². The summed E-state index contributed by atoms with van der Waals surface area (Å²) in [6, 6.07) is 0. The van der Waals surface area contributed by atoms with Gasteiger partial charge in [-0.05, 0) is 26.7 Å². The third kappa shape index (κ3) is 4.00. The van der Waals surface area contributed by atoms with Crippen molar-refractivity contribution in [2.24, 2.45) is 5.92 Å². The highest BCUT2D eigenvalue weighted by atomic mass is 31.1. The van der Waals surface area contributed by atoms with E-state index in [1.165, 1.54) is 0 Å². The second-order valence-electron chi connectivity index (χ2n) is 4.13. The van der Waals surface area contributed by atoms with Crippen LogP contribution in [0.1, 0.15) is 34.6 Å². The molecule has 0 aromatic carbocycles. The maximum atomic E-state index is 11.4. The smallest absolute Gasteiger partial charge is 0.0742 e. The van der Waals surface area contributed by atoms with Crippen molar-refractivity contribution in [3.63, 3.8) is 0 Å². The fourth-order valence-electron chi connectivity index (χ4n) is 0.606. The van der Waals surface area contributed by atoms with Crippen molar-refractivity contribution in [1.29, 1.82) is 0 Å². The van der Waals surface area contributed by atoms with E-state index in [1.54, 1.807) is 0 Å². The Labute approximate surface area is 65.0 Å². The van der Waals surface area contributed by atoms with Crippen molar-refractivity contribution in [3.8, 4) is 0 Å². The van der Waals surface area contributed by atoms with Gasteiger partial charge in [0.15, 0.2) is 5.16 Å². The van der Waals surface area contributed by atoms with E-state index in [2.05, 4.69) is 13.8 Å². The molecular weight excluding hydrogens is 143 g/mol. The predicted octanol–water partition coefficient (Wildman–Crippen LogP) is 3.27. The van der Waals surface area contributed by atoms with E-state index in [0.717, 1.165) is 6.16 Å². The van der Waals surface area contributed by atoms with Gasteiger partial charge in [0.1, 0.15) is 6.16 Å². The Bertz CT molecular complexity index is 122. The zero-order valence-electron chi connectivity index (χ0n) is 7.64. The van der Waals surface area contributed by atoms with Crippen LogP contribution in [0.5, 0.6) is 0 Å². The van der Waals surface area contributed by atoms with Crippen LogP contribution in [0, 0.1) is 5.92 Å². The molecule has 0 saturated heterocycles. The lowest BCUT2D eigenvalue weighted by molar-refractivity contribution is 0.556. The van der Waals surface area contributed by atoms with E-state index in [9.17, 15) is 4.57 Å². The molecule has 0 aromatic heterocycles. The maximum Gasteiger partial charge on any atom is 0.344 e. The minimum Gasteiger partial charge on any atom is -0.0742 e. The molecule has 0 amide bonds. The van der Waals surface area contributed by atoms with Gasteiger partial charge in [0.2, 0.25) is 0 Å². The Balaban J connectivity index is 3.87. The molecule has 0 aromatic rings. The highest BCUT2D eigenvalue weighted by molar-refractivity contribution is 7.46. The van der Waals surface area contributed by atoms with Gasteiger partial charge < -0.3 is 0 Å². The van der Waals surface area contributed by atoms with Crippen LogP contribution < -0.4 is 0 Å². The molecular formula is C8H18OP+. The molecule has 0 aliphatic rings. The average Bonchev–Trinajstić information content (AvgIpc) is 1.60. The molecule has 1 unspecified atom stereocenters. The summed E-state index contributed by atoms with van der Waals surface area (Å²) < 4.78 is 11.4. The van der Waals surface area contributed by atoms with E-state index >= 15 is 0 Å². The van der Waals surface area contributed by atoms with E-state index in [4.69, 9.17) is 0 Å². The second-order valence-corrected chi connectivity index (χ2v) is 6.59. The molecule has 60 valence electrons. The molecule has 10 heavy (non-hydrogen) atoms. The highest BCUT2D eigenvalue weighted by Gasteiger charge is 2.33. The number of hydrogen-bond acceptors (Lipinski definition) is 1. The SMILES string of the molecule is CC(C)C[P+](=O)C(C)(C)C. The molecule has 1 atom stereocenters. The van der Waals surface area contributed by atoms with Gasteiger partial charge in [-0.25, -0.2) is 0 Å². The molecule has 0 bridgehead atoms. The lowest BCUT2D eigenvalue weighted by Crippen LogP contribution is -2.10. The van der Waals surface area contributed by atoms with Crippen LogP contribution in [0.25, 0.3) is 0 Å². The zero-order valence-corrected chi connectivity index (χ0v) is 8.53. The van der Waals surface area contributed by atoms with E-state index < -0.39 is 7.80 Å². The number of rotatable bonds is 2. The summed E-state index contributed by atoms with van der Waals surface area (Å²) in [5.41, 5.74) is 0. The van der Waals surface area contributed by atoms with Crippen molar-refractivity contribution in [2.75, 3.05) is 6.16 Å². The van der Waals surface area contributed by atoms with Crippen molar-refractivity contribution in [1.82, 2.24) is 0 Å². The summed E-state index contributed by atoms with van der Waals surface area (Å²) in [6.45, 7) is 10.3. The van der Waals surface area contributed by atoms with Gasteiger partial charge in [-0.3, -0.25) is 0 Å². The first-order chi connectivity index (χ1) is 4.34. The Morgan fingerprint density at radius 1 is 1.30 bits per heavy atom. The van der Waals surface area contributed by atoms with Crippen molar-refractivity contribution in [3.05, 3.63) is 0 Å². The minimum absolute atomic E-state index is 0.000394. The lowest BCUT2D eigenvalue weighted by Gasteiger charge is -2.05. The standard InChI is InChI=1S/C8H18OP/c1-7(2)6-10(9)8(3,4)5/h7H,6H2,1-5H3/q+1. The Morgan fingerprint density at radius 3 is 1.80 bits per heavy atom. The van der Waals surface area contributed by atoms with E-state index in [1.807, 2.05) is 20.8 Å². The van der Waals surface area contributed by atoms with Gasteiger partial charge in [-0.15, -0.1) is 0 Å². The van der Waals surface area contributed by atoms with Gasteiger partial charge in [0.25, 0.3) is 0 Å². The van der Waals surface area contributed by atoms with Crippen LogP contribution in [-0.2, 0) is 4.57 Å². The van der Waals surface area contributed by atoms with Crippen molar-refractivity contribution < 1.29 is 4.57 Å². The van der Waals surface area contributed by atoms with Crippen LogP contribution in [0.4, 0.5) is 0 Å². The Morgan fingerprint density at radius 2 is 1.70 bits per heavy atom. The van der Waals surface area contributed by atoms with Crippen LogP contribution in [0.2, 0.25) is 0 Å². The average molecular weight is 161 g/mol. The topological polar surface area (TPSA) is 17.1 Å².